The molecule has 2 rings (SSSR count). The number of aromatic hydroxyl groups is 1. The van der Waals surface area contributed by atoms with Crippen LogP contribution in [0.15, 0.2) is 18.2 Å². The zero-order valence-electron chi connectivity index (χ0n) is 12.4. The fraction of sp³-hybridized carbons (Fsp3) is 0.562. The van der Waals surface area contributed by atoms with Crippen molar-refractivity contribution in [2.45, 2.75) is 39.2 Å². The van der Waals surface area contributed by atoms with Gasteiger partial charge in [-0.1, -0.05) is 13.0 Å². The first-order valence-electron chi connectivity index (χ1n) is 7.43. The van der Waals surface area contributed by atoms with E-state index in [0.717, 1.165) is 32.5 Å². The molecule has 1 amide bonds. The lowest BCUT2D eigenvalue weighted by atomic mass is 10.0. The highest BCUT2D eigenvalue weighted by Gasteiger charge is 2.21. The molecule has 0 radical (unpaired) electrons. The standard InChI is InChI=1S/C16H24N2O2/c1-3-9-18-10-7-13(8-11-18)17-16(20)14-5-4-6-15(19)12(14)2/h4-6,13,19H,3,7-11H2,1-2H3,(H,17,20). The number of phenols is 1. The number of benzene rings is 1. The van der Waals surface area contributed by atoms with E-state index in [2.05, 4.69) is 17.1 Å². The van der Waals surface area contributed by atoms with Crippen LogP contribution in [0.2, 0.25) is 0 Å². The van der Waals surface area contributed by atoms with E-state index in [-0.39, 0.29) is 17.7 Å². The number of nitrogens with one attached hydrogen (secondary N) is 1. The summed E-state index contributed by atoms with van der Waals surface area (Å²) >= 11 is 0. The zero-order chi connectivity index (χ0) is 14.5. The maximum atomic E-state index is 12.3. The van der Waals surface area contributed by atoms with Crippen LogP contribution in [0.3, 0.4) is 0 Å². The third-order valence-electron chi connectivity index (χ3n) is 4.01. The molecule has 1 aromatic rings. The van der Waals surface area contributed by atoms with Gasteiger partial charge in [0.15, 0.2) is 0 Å². The Labute approximate surface area is 120 Å². The Kier molecular flexibility index (Phi) is 5.01. The lowest BCUT2D eigenvalue weighted by molar-refractivity contribution is 0.0910. The minimum atomic E-state index is -0.0765. The minimum Gasteiger partial charge on any atom is -0.508 e. The van der Waals surface area contributed by atoms with E-state index in [1.54, 1.807) is 25.1 Å². The van der Waals surface area contributed by atoms with Crippen LogP contribution in [0.1, 0.15) is 42.1 Å². The molecule has 1 aliphatic heterocycles. The van der Waals surface area contributed by atoms with E-state index < -0.39 is 0 Å². The number of nitrogens with zero attached hydrogens (tertiary/aromatic N) is 1. The van der Waals surface area contributed by atoms with Crippen molar-refractivity contribution < 1.29 is 9.90 Å². The molecular formula is C16H24N2O2. The molecule has 0 unspecified atom stereocenters. The second-order valence-corrected chi connectivity index (χ2v) is 5.54. The molecule has 0 atom stereocenters. The van der Waals surface area contributed by atoms with Gasteiger partial charge in [0.2, 0.25) is 0 Å². The van der Waals surface area contributed by atoms with Crippen molar-refractivity contribution in [3.8, 4) is 5.75 Å². The monoisotopic (exact) mass is 276 g/mol. The summed E-state index contributed by atoms with van der Waals surface area (Å²) in [7, 11) is 0. The molecule has 1 saturated heterocycles. The Bertz CT molecular complexity index is 466. The predicted octanol–water partition coefficient (Wildman–Crippen LogP) is 2.30. The van der Waals surface area contributed by atoms with Gasteiger partial charge in [-0.05, 0) is 44.9 Å². The summed E-state index contributed by atoms with van der Waals surface area (Å²) in [5.41, 5.74) is 1.22. The fourth-order valence-electron chi connectivity index (χ4n) is 2.75. The number of rotatable bonds is 4. The number of hydrogen-bond donors (Lipinski definition) is 2. The first-order chi connectivity index (χ1) is 9.61. The average molecular weight is 276 g/mol. The summed E-state index contributed by atoms with van der Waals surface area (Å²) in [5.74, 6) is 0.0998. The largest absolute Gasteiger partial charge is 0.508 e. The summed E-state index contributed by atoms with van der Waals surface area (Å²) in [6.07, 6.45) is 3.19. The second-order valence-electron chi connectivity index (χ2n) is 5.54. The van der Waals surface area contributed by atoms with Gasteiger partial charge in [0.25, 0.3) is 5.91 Å². The SMILES string of the molecule is CCCN1CCC(NC(=O)c2cccc(O)c2C)CC1. The number of amides is 1. The molecule has 4 nitrogen and oxygen atoms in total. The highest BCUT2D eigenvalue weighted by molar-refractivity contribution is 5.96. The first-order valence-corrected chi connectivity index (χ1v) is 7.43. The van der Waals surface area contributed by atoms with Crippen LogP contribution in [-0.2, 0) is 0 Å². The summed E-state index contributed by atoms with van der Waals surface area (Å²) in [4.78, 5) is 14.7. The van der Waals surface area contributed by atoms with Crippen molar-refractivity contribution in [2.24, 2.45) is 0 Å². The molecule has 20 heavy (non-hydrogen) atoms. The third-order valence-corrected chi connectivity index (χ3v) is 4.01. The van der Waals surface area contributed by atoms with Crippen LogP contribution in [0, 0.1) is 6.92 Å². The van der Waals surface area contributed by atoms with E-state index in [0.29, 0.717) is 11.1 Å². The molecule has 1 fully saturated rings. The van der Waals surface area contributed by atoms with Gasteiger partial charge >= 0.3 is 0 Å². The van der Waals surface area contributed by atoms with Gasteiger partial charge in [0, 0.05) is 30.3 Å². The van der Waals surface area contributed by atoms with Crippen molar-refractivity contribution in [1.29, 1.82) is 0 Å². The number of phenolic OH excluding ortho intramolecular Hbond substituents is 1. The Balaban J connectivity index is 1.91. The Morgan fingerprint density at radius 2 is 2.10 bits per heavy atom. The Morgan fingerprint density at radius 3 is 2.75 bits per heavy atom. The number of likely N-dealkylation sites (tertiary alicyclic amines) is 1. The van der Waals surface area contributed by atoms with Crippen molar-refractivity contribution in [3.63, 3.8) is 0 Å². The van der Waals surface area contributed by atoms with Crippen LogP contribution in [-0.4, -0.2) is 41.6 Å². The first kappa shape index (κ1) is 14.9. The lowest BCUT2D eigenvalue weighted by Crippen LogP contribution is -2.44. The summed E-state index contributed by atoms with van der Waals surface area (Å²) in [6.45, 7) is 7.22. The van der Waals surface area contributed by atoms with Gasteiger partial charge in [-0.2, -0.15) is 0 Å². The quantitative estimate of drug-likeness (QED) is 0.887. The average Bonchev–Trinajstić information content (AvgIpc) is 2.44. The molecule has 0 saturated carbocycles. The van der Waals surface area contributed by atoms with Crippen molar-refractivity contribution in [1.82, 2.24) is 10.2 Å². The van der Waals surface area contributed by atoms with Crippen molar-refractivity contribution >= 4 is 5.91 Å². The predicted molar refractivity (Wildman–Crippen MR) is 80.1 cm³/mol. The molecule has 110 valence electrons. The lowest BCUT2D eigenvalue weighted by Gasteiger charge is -2.32. The molecule has 1 aromatic carbocycles. The highest BCUT2D eigenvalue weighted by Crippen LogP contribution is 2.20. The number of carbonyl (C=O) groups is 1. The molecule has 0 bridgehead atoms. The van der Waals surface area contributed by atoms with E-state index in [1.165, 1.54) is 6.42 Å². The summed E-state index contributed by atoms with van der Waals surface area (Å²) in [5, 5.41) is 12.8. The van der Waals surface area contributed by atoms with Gasteiger partial charge < -0.3 is 15.3 Å². The second kappa shape index (κ2) is 6.75. The van der Waals surface area contributed by atoms with Crippen LogP contribution in [0.4, 0.5) is 0 Å². The summed E-state index contributed by atoms with van der Waals surface area (Å²) < 4.78 is 0. The van der Waals surface area contributed by atoms with Crippen LogP contribution < -0.4 is 5.32 Å². The zero-order valence-corrected chi connectivity index (χ0v) is 12.4. The topological polar surface area (TPSA) is 52.6 Å². The normalized spacial score (nSPS) is 17.1. The molecule has 0 spiro atoms. The van der Waals surface area contributed by atoms with Crippen LogP contribution in [0.5, 0.6) is 5.75 Å². The van der Waals surface area contributed by atoms with E-state index >= 15 is 0 Å². The Hall–Kier alpha value is -1.55. The van der Waals surface area contributed by atoms with Gasteiger partial charge in [-0.25, -0.2) is 0 Å². The van der Waals surface area contributed by atoms with Crippen molar-refractivity contribution in [3.05, 3.63) is 29.3 Å². The van der Waals surface area contributed by atoms with E-state index in [4.69, 9.17) is 0 Å². The smallest absolute Gasteiger partial charge is 0.251 e. The van der Waals surface area contributed by atoms with Gasteiger partial charge in [-0.3, -0.25) is 4.79 Å². The van der Waals surface area contributed by atoms with Crippen LogP contribution >= 0.6 is 0 Å². The number of piperidine rings is 1. The van der Waals surface area contributed by atoms with Gasteiger partial charge in [0.05, 0.1) is 0 Å². The molecule has 1 heterocycles. The Morgan fingerprint density at radius 1 is 1.40 bits per heavy atom. The highest BCUT2D eigenvalue weighted by atomic mass is 16.3. The summed E-state index contributed by atoms with van der Waals surface area (Å²) in [6, 6.07) is 5.32. The number of carbonyl (C=O) groups excluding carboxylic acids is 1. The maximum absolute atomic E-state index is 12.3. The number of hydrogen-bond acceptors (Lipinski definition) is 3. The maximum Gasteiger partial charge on any atom is 0.251 e. The van der Waals surface area contributed by atoms with Gasteiger partial charge in [-0.15, -0.1) is 0 Å². The molecule has 0 aliphatic carbocycles. The van der Waals surface area contributed by atoms with Crippen LogP contribution in [0.25, 0.3) is 0 Å². The molecule has 4 heteroatoms. The third kappa shape index (κ3) is 3.51. The molecule has 1 aliphatic rings. The molecule has 0 aromatic heterocycles. The van der Waals surface area contributed by atoms with Gasteiger partial charge in [0.1, 0.15) is 5.75 Å². The van der Waals surface area contributed by atoms with Crippen molar-refractivity contribution in [2.75, 3.05) is 19.6 Å². The van der Waals surface area contributed by atoms with E-state index in [1.807, 2.05) is 0 Å². The van der Waals surface area contributed by atoms with E-state index in [9.17, 15) is 9.90 Å². The minimum absolute atomic E-state index is 0.0765. The fourth-order valence-corrected chi connectivity index (χ4v) is 2.75. The molecular weight excluding hydrogens is 252 g/mol. The molecule has 2 N–H and O–H groups in total.